The van der Waals surface area contributed by atoms with E-state index in [2.05, 4.69) is 24.0 Å². The van der Waals surface area contributed by atoms with Crippen molar-refractivity contribution in [3.8, 4) is 23.3 Å². The quantitative estimate of drug-likeness (QED) is 0.173. The van der Waals surface area contributed by atoms with Crippen LogP contribution in [0.3, 0.4) is 0 Å². The van der Waals surface area contributed by atoms with Gasteiger partial charge in [-0.3, -0.25) is 0 Å². The van der Waals surface area contributed by atoms with E-state index >= 15 is 0 Å². The number of aromatic hydroxyl groups is 2. The monoisotopic (exact) mass is 498 g/mol. The number of benzene rings is 2. The van der Waals surface area contributed by atoms with Gasteiger partial charge in [-0.15, -0.1) is 5.92 Å². The lowest BCUT2D eigenvalue weighted by atomic mass is 9.82. The van der Waals surface area contributed by atoms with Crippen molar-refractivity contribution in [2.24, 2.45) is 11.8 Å². The van der Waals surface area contributed by atoms with Crippen molar-refractivity contribution in [3.05, 3.63) is 59.7 Å². The summed E-state index contributed by atoms with van der Waals surface area (Å²) in [5.41, 5.74) is 1.50. The molecule has 0 radical (unpaired) electrons. The normalized spacial score (nSPS) is 14.6. The number of phenolic OH excluding ortho intramolecular Hbond substituents is 2. The molecule has 0 saturated carbocycles. The second-order valence-corrected chi connectivity index (χ2v) is 9.86. The average molecular weight is 499 g/mol. The first-order valence-electron chi connectivity index (χ1n) is 12.9. The third kappa shape index (κ3) is 11.5. The van der Waals surface area contributed by atoms with Crippen LogP contribution in [0.1, 0.15) is 76.0 Å². The average Bonchev–Trinajstić information content (AvgIpc) is 2.83. The van der Waals surface area contributed by atoms with Gasteiger partial charge >= 0.3 is 0 Å². The molecule has 0 aliphatic heterocycles. The van der Waals surface area contributed by atoms with Gasteiger partial charge < -0.3 is 30.3 Å². The molecule has 0 spiro atoms. The molecule has 6 nitrogen and oxygen atoms in total. The van der Waals surface area contributed by atoms with Crippen molar-refractivity contribution in [1.29, 1.82) is 0 Å². The van der Waals surface area contributed by atoms with E-state index in [1.807, 2.05) is 32.0 Å². The zero-order chi connectivity index (χ0) is 26.3. The Morgan fingerprint density at radius 1 is 0.833 bits per heavy atom. The second-order valence-electron chi connectivity index (χ2n) is 9.86. The van der Waals surface area contributed by atoms with Crippen LogP contribution >= 0.6 is 0 Å². The van der Waals surface area contributed by atoms with Crippen LogP contribution in [0.5, 0.6) is 11.5 Å². The summed E-state index contributed by atoms with van der Waals surface area (Å²) in [4.78, 5) is 0. The highest BCUT2D eigenvalue weighted by Crippen LogP contribution is 2.35. The van der Waals surface area contributed by atoms with Crippen LogP contribution in [0.2, 0.25) is 0 Å². The van der Waals surface area contributed by atoms with Crippen LogP contribution in [0.4, 0.5) is 0 Å². The number of rotatable bonds is 15. The molecule has 4 atom stereocenters. The Morgan fingerprint density at radius 2 is 1.50 bits per heavy atom. The standard InChI is InChI=1S/C30H42O6/c1-22(2)16-28(30(35)24-17-26(32)19-27(33)18-24)29(34)20-25(31)14-10-5-3-4-6-11-15-36-21-23-12-8-7-9-13-23/h7-9,12-13,17-19,22,25,28-35H,3-6,11,15-16,20-21H2,1-2H3/t25-,28+,29-,30+/m1/s1. The SMILES string of the molecule is CC(C)C[C@@H]([C@H](O)C[C@H](O)C#CCCCCCCOCc1ccccc1)[C@@H](O)c1cc(O)cc(O)c1. The summed E-state index contributed by atoms with van der Waals surface area (Å²) >= 11 is 0. The summed E-state index contributed by atoms with van der Waals surface area (Å²) in [6.07, 6.45) is 2.17. The minimum absolute atomic E-state index is 0.0188. The summed E-state index contributed by atoms with van der Waals surface area (Å²) in [6, 6.07) is 14.0. The fourth-order valence-electron chi connectivity index (χ4n) is 4.26. The Hall–Kier alpha value is -2.56. The lowest BCUT2D eigenvalue weighted by molar-refractivity contribution is -0.0165. The smallest absolute Gasteiger partial charge is 0.119 e. The van der Waals surface area contributed by atoms with Crippen molar-refractivity contribution in [2.75, 3.05) is 6.61 Å². The molecule has 0 unspecified atom stereocenters. The van der Waals surface area contributed by atoms with E-state index in [1.165, 1.54) is 23.8 Å². The van der Waals surface area contributed by atoms with Crippen LogP contribution in [0.15, 0.2) is 48.5 Å². The molecule has 0 saturated heterocycles. The van der Waals surface area contributed by atoms with Crippen molar-refractivity contribution in [3.63, 3.8) is 0 Å². The number of unbranched alkanes of at least 4 members (excludes halogenated alkanes) is 4. The Bertz CT molecular complexity index is 913. The zero-order valence-corrected chi connectivity index (χ0v) is 21.5. The fraction of sp³-hybridized carbons (Fsp3) is 0.533. The molecule has 36 heavy (non-hydrogen) atoms. The number of hydrogen-bond donors (Lipinski definition) is 5. The molecule has 0 aromatic heterocycles. The van der Waals surface area contributed by atoms with Crippen LogP contribution in [-0.2, 0) is 11.3 Å². The molecular weight excluding hydrogens is 456 g/mol. The van der Waals surface area contributed by atoms with Crippen molar-refractivity contribution in [1.82, 2.24) is 0 Å². The van der Waals surface area contributed by atoms with Gasteiger partial charge in [0, 0.05) is 31.4 Å². The van der Waals surface area contributed by atoms with Crippen molar-refractivity contribution >= 4 is 0 Å². The number of hydrogen-bond acceptors (Lipinski definition) is 6. The van der Waals surface area contributed by atoms with E-state index < -0.39 is 24.2 Å². The Balaban J connectivity index is 1.70. The van der Waals surface area contributed by atoms with Gasteiger partial charge in [0.05, 0.1) is 18.8 Å². The second kappa shape index (κ2) is 16.2. The molecular formula is C30H42O6. The number of aliphatic hydroxyl groups excluding tert-OH is 3. The minimum atomic E-state index is -1.10. The van der Waals surface area contributed by atoms with Crippen LogP contribution in [0, 0.1) is 23.7 Å². The maximum Gasteiger partial charge on any atom is 0.119 e. The van der Waals surface area contributed by atoms with Gasteiger partial charge in [-0.2, -0.15) is 0 Å². The van der Waals surface area contributed by atoms with E-state index in [-0.39, 0.29) is 23.8 Å². The zero-order valence-electron chi connectivity index (χ0n) is 21.5. The molecule has 2 rings (SSSR count). The summed E-state index contributed by atoms with van der Waals surface area (Å²) in [5.74, 6) is 5.10. The van der Waals surface area contributed by atoms with Gasteiger partial charge in [0.15, 0.2) is 0 Å². The highest BCUT2D eigenvalue weighted by molar-refractivity contribution is 5.38. The molecule has 0 amide bonds. The van der Waals surface area contributed by atoms with E-state index in [4.69, 9.17) is 4.74 Å². The highest BCUT2D eigenvalue weighted by Gasteiger charge is 2.30. The Morgan fingerprint density at radius 3 is 2.17 bits per heavy atom. The third-order valence-electron chi connectivity index (χ3n) is 6.10. The number of aliphatic hydroxyl groups is 3. The minimum Gasteiger partial charge on any atom is -0.508 e. The third-order valence-corrected chi connectivity index (χ3v) is 6.10. The van der Waals surface area contributed by atoms with Gasteiger partial charge in [0.25, 0.3) is 0 Å². The molecule has 5 N–H and O–H groups in total. The van der Waals surface area contributed by atoms with Gasteiger partial charge in [-0.1, -0.05) is 62.9 Å². The lowest BCUT2D eigenvalue weighted by Crippen LogP contribution is -2.31. The van der Waals surface area contributed by atoms with Crippen LogP contribution < -0.4 is 0 Å². The van der Waals surface area contributed by atoms with Gasteiger partial charge in [0.1, 0.15) is 17.6 Å². The van der Waals surface area contributed by atoms with Gasteiger partial charge in [-0.05, 0) is 48.4 Å². The van der Waals surface area contributed by atoms with Crippen LogP contribution in [-0.4, -0.2) is 44.3 Å². The Kier molecular flexibility index (Phi) is 13.4. The number of phenols is 2. The maximum atomic E-state index is 10.9. The molecule has 0 heterocycles. The first kappa shape index (κ1) is 29.7. The summed E-state index contributed by atoms with van der Waals surface area (Å²) in [5, 5.41) is 51.5. The molecule has 2 aromatic carbocycles. The first-order valence-corrected chi connectivity index (χ1v) is 12.9. The Labute approximate surface area is 215 Å². The van der Waals surface area contributed by atoms with Crippen molar-refractivity contribution < 1.29 is 30.3 Å². The summed E-state index contributed by atoms with van der Waals surface area (Å²) < 4.78 is 5.69. The molecule has 0 fully saturated rings. The van der Waals surface area contributed by atoms with Gasteiger partial charge in [0.2, 0.25) is 0 Å². The molecule has 6 heteroatoms. The van der Waals surface area contributed by atoms with E-state index in [0.29, 0.717) is 25.0 Å². The first-order chi connectivity index (χ1) is 17.3. The predicted molar refractivity (Wildman–Crippen MR) is 141 cm³/mol. The molecule has 0 aliphatic carbocycles. The number of ether oxygens (including phenoxy) is 1. The van der Waals surface area contributed by atoms with E-state index in [9.17, 15) is 25.5 Å². The van der Waals surface area contributed by atoms with Crippen LogP contribution in [0.25, 0.3) is 0 Å². The topological polar surface area (TPSA) is 110 Å². The molecule has 198 valence electrons. The molecule has 0 bridgehead atoms. The summed E-state index contributed by atoms with van der Waals surface area (Å²) in [6.45, 7) is 5.35. The largest absolute Gasteiger partial charge is 0.508 e. The maximum absolute atomic E-state index is 10.9. The van der Waals surface area contributed by atoms with E-state index in [1.54, 1.807) is 0 Å². The highest BCUT2D eigenvalue weighted by atomic mass is 16.5. The fourth-order valence-corrected chi connectivity index (χ4v) is 4.26. The lowest BCUT2D eigenvalue weighted by Gasteiger charge is -2.30. The predicted octanol–water partition coefficient (Wildman–Crippen LogP) is 5.08. The summed E-state index contributed by atoms with van der Waals surface area (Å²) in [7, 11) is 0. The van der Waals surface area contributed by atoms with Crippen molar-refractivity contribution in [2.45, 2.75) is 83.7 Å². The molecule has 2 aromatic rings. The molecule has 0 aliphatic rings. The van der Waals surface area contributed by atoms with Gasteiger partial charge in [-0.25, -0.2) is 0 Å². The van der Waals surface area contributed by atoms with E-state index in [0.717, 1.165) is 32.3 Å².